The molecule has 1 saturated carbocycles. The van der Waals surface area contributed by atoms with Crippen molar-refractivity contribution < 1.29 is 14.4 Å². The largest absolute Gasteiger partial charge is 0.350 e. The van der Waals surface area contributed by atoms with Crippen molar-refractivity contribution in [2.24, 2.45) is 11.7 Å². The fourth-order valence-electron chi connectivity index (χ4n) is 3.13. The molecule has 1 saturated heterocycles. The Morgan fingerprint density at radius 3 is 2.45 bits per heavy atom. The molecular weight excluding hydrogens is 308 g/mol. The van der Waals surface area contributed by atoms with Gasteiger partial charge in [-0.15, -0.1) is 12.4 Å². The second kappa shape index (κ2) is 8.33. The Balaban J connectivity index is 0.00000242. The van der Waals surface area contributed by atoms with E-state index in [9.17, 15) is 14.4 Å². The average Bonchev–Trinajstić information content (AvgIpc) is 2.72. The van der Waals surface area contributed by atoms with Crippen LogP contribution in [-0.4, -0.2) is 60.4 Å². The lowest BCUT2D eigenvalue weighted by molar-refractivity contribution is -0.131. The minimum absolute atomic E-state index is 0. The highest BCUT2D eigenvalue weighted by atomic mass is 35.5. The van der Waals surface area contributed by atoms with Gasteiger partial charge in [0.15, 0.2) is 0 Å². The van der Waals surface area contributed by atoms with Gasteiger partial charge in [-0.1, -0.05) is 19.3 Å². The Hall–Kier alpha value is -1.34. The van der Waals surface area contributed by atoms with Crippen LogP contribution in [0.5, 0.6) is 0 Å². The molecule has 8 heteroatoms. The molecule has 1 unspecified atom stereocenters. The standard InChI is InChI=1S/C14H24N4O3.ClH/c1-17-9-13(20)18(14(17)21)8-12(19)16-11(7-15)10-5-3-2-4-6-10;/h10-11H,2-9,15H2,1H3,(H,16,19);1H. The van der Waals surface area contributed by atoms with E-state index < -0.39 is 6.03 Å². The highest BCUT2D eigenvalue weighted by molar-refractivity contribution is 6.04. The molecule has 1 aliphatic carbocycles. The highest BCUT2D eigenvalue weighted by Gasteiger charge is 2.35. The topological polar surface area (TPSA) is 95.7 Å². The minimum Gasteiger partial charge on any atom is -0.350 e. The third kappa shape index (κ3) is 4.33. The Bertz CT molecular complexity index is 426. The first-order valence-corrected chi connectivity index (χ1v) is 7.57. The van der Waals surface area contributed by atoms with Gasteiger partial charge in [0.05, 0.1) is 0 Å². The number of hydrogen-bond donors (Lipinski definition) is 2. The predicted octanol–water partition coefficient (Wildman–Crippen LogP) is 0.326. The van der Waals surface area contributed by atoms with Crippen molar-refractivity contribution >= 4 is 30.3 Å². The van der Waals surface area contributed by atoms with E-state index in [0.717, 1.165) is 17.7 Å². The van der Waals surface area contributed by atoms with E-state index in [1.807, 2.05) is 0 Å². The van der Waals surface area contributed by atoms with E-state index in [1.54, 1.807) is 7.05 Å². The molecule has 4 amide bonds. The third-order valence-corrected chi connectivity index (χ3v) is 4.35. The van der Waals surface area contributed by atoms with Crippen molar-refractivity contribution in [1.82, 2.24) is 15.1 Å². The fourth-order valence-corrected chi connectivity index (χ4v) is 3.13. The first kappa shape index (κ1) is 18.7. The van der Waals surface area contributed by atoms with Gasteiger partial charge in [-0.25, -0.2) is 4.79 Å². The molecule has 0 aromatic rings. The molecule has 0 bridgehead atoms. The molecule has 2 fully saturated rings. The van der Waals surface area contributed by atoms with Crippen molar-refractivity contribution in [3.05, 3.63) is 0 Å². The maximum absolute atomic E-state index is 12.1. The average molecular weight is 333 g/mol. The Morgan fingerprint density at radius 2 is 1.95 bits per heavy atom. The van der Waals surface area contributed by atoms with Crippen LogP contribution in [-0.2, 0) is 9.59 Å². The lowest BCUT2D eigenvalue weighted by Crippen LogP contribution is -2.50. The van der Waals surface area contributed by atoms with Gasteiger partial charge in [0.2, 0.25) is 5.91 Å². The summed E-state index contributed by atoms with van der Waals surface area (Å²) < 4.78 is 0. The first-order valence-electron chi connectivity index (χ1n) is 7.57. The van der Waals surface area contributed by atoms with Crippen molar-refractivity contribution in [2.45, 2.75) is 38.1 Å². The number of carbonyl (C=O) groups is 3. The van der Waals surface area contributed by atoms with Crippen LogP contribution in [0.4, 0.5) is 4.79 Å². The van der Waals surface area contributed by atoms with Gasteiger partial charge in [0.25, 0.3) is 5.91 Å². The van der Waals surface area contributed by atoms with Gasteiger partial charge in [-0.05, 0) is 18.8 Å². The van der Waals surface area contributed by atoms with Crippen LogP contribution in [0, 0.1) is 5.92 Å². The summed E-state index contributed by atoms with van der Waals surface area (Å²) in [4.78, 5) is 37.8. The Labute approximate surface area is 137 Å². The summed E-state index contributed by atoms with van der Waals surface area (Å²) in [6.45, 7) is 0.207. The number of likely N-dealkylation sites (N-methyl/N-ethyl adjacent to an activating group) is 1. The molecule has 1 aliphatic heterocycles. The summed E-state index contributed by atoms with van der Waals surface area (Å²) in [5.74, 6) is -0.243. The molecule has 0 aromatic carbocycles. The van der Waals surface area contributed by atoms with Gasteiger partial charge in [-0.2, -0.15) is 0 Å². The van der Waals surface area contributed by atoms with Crippen molar-refractivity contribution in [3.63, 3.8) is 0 Å². The molecule has 1 heterocycles. The van der Waals surface area contributed by atoms with Crippen molar-refractivity contribution in [1.29, 1.82) is 0 Å². The normalized spacial score (nSPS) is 20.8. The van der Waals surface area contributed by atoms with Crippen LogP contribution < -0.4 is 11.1 Å². The molecule has 2 aliphatic rings. The lowest BCUT2D eigenvalue weighted by Gasteiger charge is -2.30. The summed E-state index contributed by atoms with van der Waals surface area (Å²) in [6, 6.07) is -0.486. The zero-order valence-corrected chi connectivity index (χ0v) is 13.7. The third-order valence-electron chi connectivity index (χ3n) is 4.35. The SMILES string of the molecule is CN1CC(=O)N(CC(=O)NC(CN)C2CCCCC2)C1=O.Cl. The Morgan fingerprint density at radius 1 is 1.32 bits per heavy atom. The number of carbonyl (C=O) groups excluding carboxylic acids is 3. The summed E-state index contributed by atoms with van der Waals surface area (Å²) in [5.41, 5.74) is 5.77. The number of nitrogens with zero attached hydrogens (tertiary/aromatic N) is 2. The van der Waals surface area contributed by atoms with Crippen LogP contribution >= 0.6 is 12.4 Å². The van der Waals surface area contributed by atoms with Crippen LogP contribution in [0.2, 0.25) is 0 Å². The molecule has 22 heavy (non-hydrogen) atoms. The zero-order chi connectivity index (χ0) is 15.4. The summed E-state index contributed by atoms with van der Waals surface area (Å²) in [5, 5.41) is 2.89. The number of halogens is 1. The highest BCUT2D eigenvalue weighted by Crippen LogP contribution is 2.26. The van der Waals surface area contributed by atoms with Crippen LogP contribution in [0.25, 0.3) is 0 Å². The second-order valence-corrected chi connectivity index (χ2v) is 5.93. The smallest absolute Gasteiger partial charge is 0.327 e. The number of urea groups is 1. The molecule has 0 spiro atoms. The van der Waals surface area contributed by atoms with E-state index in [0.29, 0.717) is 12.5 Å². The number of nitrogens with two attached hydrogens (primary N) is 1. The van der Waals surface area contributed by atoms with E-state index in [-0.39, 0.29) is 43.4 Å². The van der Waals surface area contributed by atoms with E-state index >= 15 is 0 Å². The van der Waals surface area contributed by atoms with Gasteiger partial charge in [-0.3, -0.25) is 14.5 Å². The molecule has 126 valence electrons. The molecule has 1 atom stereocenters. The van der Waals surface area contributed by atoms with Gasteiger partial charge < -0.3 is 16.0 Å². The molecule has 7 nitrogen and oxygen atoms in total. The van der Waals surface area contributed by atoms with Gasteiger partial charge in [0, 0.05) is 19.6 Å². The number of amides is 4. The quantitative estimate of drug-likeness (QED) is 0.709. The first-order chi connectivity index (χ1) is 10.0. The fraction of sp³-hybridized carbons (Fsp3) is 0.786. The maximum atomic E-state index is 12.1. The van der Waals surface area contributed by atoms with Crippen LogP contribution in [0.15, 0.2) is 0 Å². The minimum atomic E-state index is -0.419. The van der Waals surface area contributed by atoms with E-state index in [1.165, 1.54) is 24.2 Å². The lowest BCUT2D eigenvalue weighted by atomic mass is 9.84. The van der Waals surface area contributed by atoms with Gasteiger partial charge >= 0.3 is 6.03 Å². The second-order valence-electron chi connectivity index (χ2n) is 5.93. The summed E-state index contributed by atoms with van der Waals surface area (Å²) in [7, 11) is 1.54. The monoisotopic (exact) mass is 332 g/mol. The van der Waals surface area contributed by atoms with Crippen LogP contribution in [0.1, 0.15) is 32.1 Å². The Kier molecular flexibility index (Phi) is 7.09. The number of nitrogens with one attached hydrogen (secondary N) is 1. The van der Waals surface area contributed by atoms with E-state index in [4.69, 9.17) is 5.73 Å². The van der Waals surface area contributed by atoms with Crippen molar-refractivity contribution in [2.75, 3.05) is 26.7 Å². The summed E-state index contributed by atoms with van der Waals surface area (Å²) in [6.07, 6.45) is 5.74. The zero-order valence-electron chi connectivity index (χ0n) is 12.9. The summed E-state index contributed by atoms with van der Waals surface area (Å²) >= 11 is 0. The molecule has 2 rings (SSSR count). The number of rotatable bonds is 5. The number of imide groups is 1. The maximum Gasteiger partial charge on any atom is 0.327 e. The molecular formula is C14H25ClN4O3. The van der Waals surface area contributed by atoms with Crippen molar-refractivity contribution in [3.8, 4) is 0 Å². The van der Waals surface area contributed by atoms with Crippen LogP contribution in [0.3, 0.4) is 0 Å². The van der Waals surface area contributed by atoms with Gasteiger partial charge in [0.1, 0.15) is 13.1 Å². The molecule has 0 radical (unpaired) electrons. The van der Waals surface area contributed by atoms with E-state index in [2.05, 4.69) is 5.32 Å². The molecule has 0 aromatic heterocycles. The molecule has 3 N–H and O–H groups in total. The predicted molar refractivity (Wildman–Crippen MR) is 84.5 cm³/mol. The number of hydrogen-bond acceptors (Lipinski definition) is 4.